The summed E-state index contributed by atoms with van der Waals surface area (Å²) in [6.45, 7) is 6.61. The van der Waals surface area contributed by atoms with E-state index in [1.165, 1.54) is 0 Å². The molecule has 0 amide bonds. The van der Waals surface area contributed by atoms with Gasteiger partial charge >= 0.3 is 0 Å². The molecule has 2 N–H and O–H groups in total. The summed E-state index contributed by atoms with van der Waals surface area (Å²) in [4.78, 5) is 4.25. The second-order valence-electron chi connectivity index (χ2n) is 5.59. The summed E-state index contributed by atoms with van der Waals surface area (Å²) in [7, 11) is 1.78. The van der Waals surface area contributed by atoms with Gasteiger partial charge in [-0.15, -0.1) is 24.0 Å². The van der Waals surface area contributed by atoms with Crippen LogP contribution in [-0.2, 0) is 11.3 Å². The van der Waals surface area contributed by atoms with Gasteiger partial charge in [0.1, 0.15) is 0 Å². The number of unbranched alkanes of at least 4 members (excludes halogenated alkanes) is 1. The van der Waals surface area contributed by atoms with Crippen LogP contribution in [0.3, 0.4) is 0 Å². The van der Waals surface area contributed by atoms with Crippen LogP contribution in [-0.4, -0.2) is 46.0 Å². The zero-order valence-electron chi connectivity index (χ0n) is 15.2. The molecule has 2 rings (SSSR count). The van der Waals surface area contributed by atoms with Crippen molar-refractivity contribution in [2.75, 3.05) is 40.0 Å². The minimum absolute atomic E-state index is 0. The average Bonchev–Trinajstić information content (AvgIpc) is 2.85. The lowest BCUT2D eigenvalue weighted by Gasteiger charge is -2.13. The van der Waals surface area contributed by atoms with Crippen LogP contribution >= 0.6 is 24.0 Å². The minimum Gasteiger partial charge on any atom is -0.490 e. The van der Waals surface area contributed by atoms with Crippen molar-refractivity contribution in [1.82, 2.24) is 10.6 Å². The summed E-state index contributed by atoms with van der Waals surface area (Å²) < 4.78 is 16.7. The van der Waals surface area contributed by atoms with Crippen LogP contribution in [0.2, 0.25) is 0 Å². The first-order valence-corrected chi connectivity index (χ1v) is 8.74. The zero-order chi connectivity index (χ0) is 17.0. The van der Waals surface area contributed by atoms with Crippen LogP contribution < -0.4 is 20.1 Å². The fraction of sp³-hybridized carbons (Fsp3) is 0.611. The van der Waals surface area contributed by atoms with E-state index in [1.54, 1.807) is 7.05 Å². The first-order chi connectivity index (χ1) is 11.8. The number of aliphatic imine (C=N–C) groups is 1. The van der Waals surface area contributed by atoms with Gasteiger partial charge in [-0.25, -0.2) is 0 Å². The molecule has 1 heterocycles. The van der Waals surface area contributed by atoms with Crippen molar-refractivity contribution in [3.8, 4) is 11.5 Å². The number of guanidine groups is 1. The molecular formula is C18H30IN3O3. The standard InChI is InChI=1S/C18H29N3O3.HI/c1-3-22-10-5-4-9-20-18(19-2)21-14-15-7-8-16-17(13-15)24-12-6-11-23-16;/h7-8,13H,3-6,9-12,14H2,1-2H3,(H2,19,20,21);1H. The number of ether oxygens (including phenoxy) is 3. The molecule has 0 spiro atoms. The highest BCUT2D eigenvalue weighted by molar-refractivity contribution is 14.0. The molecule has 1 aromatic rings. The summed E-state index contributed by atoms with van der Waals surface area (Å²) in [5.41, 5.74) is 1.14. The molecule has 1 aliphatic heterocycles. The molecule has 1 aliphatic rings. The van der Waals surface area contributed by atoms with Crippen LogP contribution in [0, 0.1) is 0 Å². The number of nitrogens with one attached hydrogen (secondary N) is 2. The molecule has 0 unspecified atom stereocenters. The van der Waals surface area contributed by atoms with E-state index in [-0.39, 0.29) is 24.0 Å². The van der Waals surface area contributed by atoms with Gasteiger partial charge in [0.15, 0.2) is 17.5 Å². The van der Waals surface area contributed by atoms with Gasteiger partial charge in [-0.3, -0.25) is 4.99 Å². The molecule has 6 nitrogen and oxygen atoms in total. The largest absolute Gasteiger partial charge is 0.490 e. The second kappa shape index (κ2) is 13.0. The zero-order valence-corrected chi connectivity index (χ0v) is 17.5. The van der Waals surface area contributed by atoms with Crippen LogP contribution in [0.1, 0.15) is 31.7 Å². The highest BCUT2D eigenvalue weighted by atomic mass is 127. The van der Waals surface area contributed by atoms with Crippen molar-refractivity contribution < 1.29 is 14.2 Å². The van der Waals surface area contributed by atoms with E-state index in [0.717, 1.165) is 62.0 Å². The summed E-state index contributed by atoms with van der Waals surface area (Å²) >= 11 is 0. The number of halogens is 1. The Balaban J connectivity index is 0.00000312. The van der Waals surface area contributed by atoms with Gasteiger partial charge in [-0.1, -0.05) is 6.07 Å². The van der Waals surface area contributed by atoms with E-state index in [0.29, 0.717) is 19.8 Å². The highest BCUT2D eigenvalue weighted by Gasteiger charge is 2.10. The topological polar surface area (TPSA) is 64.1 Å². The fourth-order valence-corrected chi connectivity index (χ4v) is 2.40. The molecule has 0 saturated carbocycles. The highest BCUT2D eigenvalue weighted by Crippen LogP contribution is 2.30. The average molecular weight is 463 g/mol. The van der Waals surface area contributed by atoms with Gasteiger partial charge in [0, 0.05) is 39.8 Å². The second-order valence-corrected chi connectivity index (χ2v) is 5.59. The number of fused-ring (bicyclic) bond motifs is 1. The Kier molecular flexibility index (Phi) is 11.4. The molecule has 0 aromatic heterocycles. The third-order valence-corrected chi connectivity index (χ3v) is 3.71. The maximum absolute atomic E-state index is 5.72. The first-order valence-electron chi connectivity index (χ1n) is 8.74. The molecule has 142 valence electrons. The van der Waals surface area contributed by atoms with Crippen molar-refractivity contribution >= 4 is 29.9 Å². The van der Waals surface area contributed by atoms with Crippen molar-refractivity contribution in [1.29, 1.82) is 0 Å². The maximum Gasteiger partial charge on any atom is 0.191 e. The van der Waals surface area contributed by atoms with E-state index in [9.17, 15) is 0 Å². The van der Waals surface area contributed by atoms with E-state index in [4.69, 9.17) is 14.2 Å². The molecule has 0 aliphatic carbocycles. The summed E-state index contributed by atoms with van der Waals surface area (Å²) in [6, 6.07) is 6.06. The van der Waals surface area contributed by atoms with Gasteiger partial charge < -0.3 is 24.8 Å². The minimum atomic E-state index is 0. The molecular weight excluding hydrogens is 433 g/mol. The number of rotatable bonds is 8. The van der Waals surface area contributed by atoms with E-state index in [2.05, 4.69) is 21.7 Å². The van der Waals surface area contributed by atoms with Crippen molar-refractivity contribution in [2.45, 2.75) is 32.7 Å². The Morgan fingerprint density at radius 1 is 1.16 bits per heavy atom. The maximum atomic E-state index is 5.72. The van der Waals surface area contributed by atoms with Crippen LogP contribution in [0.5, 0.6) is 11.5 Å². The Bertz CT molecular complexity index is 526. The van der Waals surface area contributed by atoms with Crippen molar-refractivity contribution in [3.63, 3.8) is 0 Å². The number of nitrogens with zero attached hydrogens (tertiary/aromatic N) is 1. The van der Waals surface area contributed by atoms with Gasteiger partial charge in [-0.05, 0) is 37.5 Å². The molecule has 0 radical (unpaired) electrons. The molecule has 0 saturated heterocycles. The van der Waals surface area contributed by atoms with E-state index in [1.807, 2.05) is 19.1 Å². The monoisotopic (exact) mass is 463 g/mol. The summed E-state index contributed by atoms with van der Waals surface area (Å²) in [5.74, 6) is 2.46. The molecule has 0 atom stereocenters. The normalized spacial score (nSPS) is 13.6. The Morgan fingerprint density at radius 3 is 2.72 bits per heavy atom. The van der Waals surface area contributed by atoms with Gasteiger partial charge in [0.05, 0.1) is 13.2 Å². The predicted molar refractivity (Wildman–Crippen MR) is 111 cm³/mol. The van der Waals surface area contributed by atoms with Gasteiger partial charge in [0.25, 0.3) is 0 Å². The predicted octanol–water partition coefficient (Wildman–Crippen LogP) is 2.95. The summed E-state index contributed by atoms with van der Waals surface area (Å²) in [6.07, 6.45) is 3.03. The van der Waals surface area contributed by atoms with Crippen molar-refractivity contribution in [3.05, 3.63) is 23.8 Å². The smallest absolute Gasteiger partial charge is 0.191 e. The van der Waals surface area contributed by atoms with Crippen LogP contribution in [0.4, 0.5) is 0 Å². The van der Waals surface area contributed by atoms with Crippen LogP contribution in [0.25, 0.3) is 0 Å². The Labute approximate surface area is 167 Å². The van der Waals surface area contributed by atoms with E-state index >= 15 is 0 Å². The molecule has 1 aromatic carbocycles. The molecule has 0 fully saturated rings. The molecule has 7 heteroatoms. The number of hydrogen-bond acceptors (Lipinski definition) is 4. The van der Waals surface area contributed by atoms with Gasteiger partial charge in [-0.2, -0.15) is 0 Å². The Hall–Kier alpha value is -1.22. The SMILES string of the molecule is CCOCCCCNC(=NC)NCc1ccc2c(c1)OCCCO2.I. The fourth-order valence-electron chi connectivity index (χ4n) is 2.40. The van der Waals surface area contributed by atoms with Crippen molar-refractivity contribution in [2.24, 2.45) is 4.99 Å². The van der Waals surface area contributed by atoms with Gasteiger partial charge in [0.2, 0.25) is 0 Å². The summed E-state index contributed by atoms with van der Waals surface area (Å²) in [5, 5.41) is 6.64. The number of benzene rings is 1. The Morgan fingerprint density at radius 2 is 1.96 bits per heavy atom. The molecule has 0 bridgehead atoms. The van der Waals surface area contributed by atoms with E-state index < -0.39 is 0 Å². The third-order valence-electron chi connectivity index (χ3n) is 3.71. The third kappa shape index (κ3) is 8.13. The lowest BCUT2D eigenvalue weighted by molar-refractivity contribution is 0.143. The lowest BCUT2D eigenvalue weighted by atomic mass is 10.2. The molecule has 25 heavy (non-hydrogen) atoms. The van der Waals surface area contributed by atoms with Crippen LogP contribution in [0.15, 0.2) is 23.2 Å². The lowest BCUT2D eigenvalue weighted by Crippen LogP contribution is -2.37. The number of hydrogen-bond donors (Lipinski definition) is 2. The first kappa shape index (κ1) is 21.8. The quantitative estimate of drug-likeness (QED) is 0.269.